The van der Waals surface area contributed by atoms with Gasteiger partial charge in [-0.1, -0.05) is 11.2 Å². The van der Waals surface area contributed by atoms with Crippen molar-refractivity contribution in [2.45, 2.75) is 4.90 Å². The third kappa shape index (κ3) is 1.83. The normalized spacial score (nSPS) is 11.8. The molecule has 0 radical (unpaired) electrons. The molecule has 0 bridgehead atoms. The van der Waals surface area contributed by atoms with Crippen molar-refractivity contribution in [1.29, 1.82) is 0 Å². The number of aromatic nitrogens is 3. The van der Waals surface area contributed by atoms with Gasteiger partial charge in [0.2, 0.25) is 0 Å². The second kappa shape index (κ2) is 4.03. The zero-order valence-corrected chi connectivity index (χ0v) is 10.4. The van der Waals surface area contributed by atoms with E-state index in [0.29, 0.717) is 11.0 Å². The lowest BCUT2D eigenvalue weighted by atomic mass is 10.3. The van der Waals surface area contributed by atoms with Gasteiger partial charge in [0.25, 0.3) is 10.0 Å². The zero-order chi connectivity index (χ0) is 12.6. The summed E-state index contributed by atoms with van der Waals surface area (Å²) < 4.78 is 39.2. The highest BCUT2D eigenvalue weighted by Crippen LogP contribution is 2.22. The Morgan fingerprint density at radius 2 is 2.11 bits per heavy atom. The van der Waals surface area contributed by atoms with Crippen LogP contribution in [-0.4, -0.2) is 22.3 Å². The van der Waals surface area contributed by atoms with E-state index in [0.717, 1.165) is 11.7 Å². The van der Waals surface area contributed by atoms with E-state index in [1.165, 1.54) is 18.4 Å². The molecule has 92 valence electrons. The largest absolute Gasteiger partial charge is 0.363 e. The number of nitrogens with one attached hydrogen (secondary N) is 1. The van der Waals surface area contributed by atoms with E-state index < -0.39 is 10.0 Å². The molecule has 7 nitrogen and oxygen atoms in total. The van der Waals surface area contributed by atoms with Gasteiger partial charge in [0.05, 0.1) is 11.7 Å². The molecule has 3 rings (SSSR count). The number of nitrogens with zero attached hydrogens (tertiary/aromatic N) is 3. The quantitative estimate of drug-likeness (QED) is 0.781. The molecule has 0 saturated heterocycles. The van der Waals surface area contributed by atoms with Crippen LogP contribution in [0, 0.1) is 0 Å². The van der Waals surface area contributed by atoms with Gasteiger partial charge in [0, 0.05) is 6.07 Å². The van der Waals surface area contributed by atoms with Crippen LogP contribution in [0.3, 0.4) is 0 Å². The van der Waals surface area contributed by atoms with Crippen molar-refractivity contribution in [1.82, 2.24) is 13.9 Å². The van der Waals surface area contributed by atoms with Crippen LogP contribution in [-0.2, 0) is 10.0 Å². The van der Waals surface area contributed by atoms with Crippen molar-refractivity contribution in [3.63, 3.8) is 0 Å². The van der Waals surface area contributed by atoms with Gasteiger partial charge >= 0.3 is 0 Å². The predicted octanol–water partition coefficient (Wildman–Crippen LogP) is 1.48. The van der Waals surface area contributed by atoms with Crippen LogP contribution in [0.15, 0.2) is 39.9 Å². The van der Waals surface area contributed by atoms with E-state index >= 15 is 0 Å². The molecule has 0 saturated carbocycles. The van der Waals surface area contributed by atoms with Crippen molar-refractivity contribution >= 4 is 38.6 Å². The first kappa shape index (κ1) is 11.1. The number of hydrogen-bond acceptors (Lipinski definition) is 7. The third-order valence-electron chi connectivity index (χ3n) is 2.22. The van der Waals surface area contributed by atoms with Gasteiger partial charge in [-0.25, -0.2) is 8.42 Å². The van der Waals surface area contributed by atoms with Crippen LogP contribution < -0.4 is 4.72 Å². The lowest BCUT2D eigenvalue weighted by Gasteiger charge is -2.04. The predicted molar refractivity (Wildman–Crippen MR) is 64.7 cm³/mol. The highest BCUT2D eigenvalue weighted by molar-refractivity contribution is 7.93. The molecule has 2 heterocycles. The number of hydrogen-bond donors (Lipinski definition) is 1. The van der Waals surface area contributed by atoms with Crippen LogP contribution in [0.25, 0.3) is 11.0 Å². The van der Waals surface area contributed by atoms with Gasteiger partial charge < -0.3 is 4.52 Å². The number of anilines is 1. The Labute approximate surface area is 106 Å². The minimum atomic E-state index is -3.75. The van der Waals surface area contributed by atoms with Crippen LogP contribution in [0.1, 0.15) is 0 Å². The maximum atomic E-state index is 12.2. The van der Waals surface area contributed by atoms with E-state index in [-0.39, 0.29) is 10.7 Å². The molecule has 0 spiro atoms. The fourth-order valence-corrected chi connectivity index (χ4v) is 3.22. The smallest absolute Gasteiger partial charge is 0.265 e. The fourth-order valence-electron chi connectivity index (χ4n) is 1.46. The Bertz CT molecular complexity index is 779. The standard InChI is InChI=1S/C9H6N4O3S2/c14-18(15,13-8-4-5-16-10-8)7-3-1-2-6-9(7)12-17-11-6/h1-5H,(H,10,13). The molecule has 0 aliphatic heterocycles. The topological polar surface area (TPSA) is 98.0 Å². The van der Waals surface area contributed by atoms with E-state index in [2.05, 4.69) is 23.1 Å². The molecular weight excluding hydrogens is 276 g/mol. The number of fused-ring (bicyclic) bond motifs is 1. The third-order valence-corrected chi connectivity index (χ3v) is 4.14. The van der Waals surface area contributed by atoms with Crippen molar-refractivity contribution in [3.8, 4) is 0 Å². The molecule has 0 aliphatic rings. The van der Waals surface area contributed by atoms with Gasteiger partial charge in [-0.15, -0.1) is 0 Å². The summed E-state index contributed by atoms with van der Waals surface area (Å²) in [6, 6.07) is 6.19. The van der Waals surface area contributed by atoms with Crippen LogP contribution in [0.5, 0.6) is 0 Å². The zero-order valence-electron chi connectivity index (χ0n) is 8.77. The molecular formula is C9H6N4O3S2. The van der Waals surface area contributed by atoms with Crippen molar-refractivity contribution in [3.05, 3.63) is 30.5 Å². The Balaban J connectivity index is 2.11. The van der Waals surface area contributed by atoms with E-state index in [4.69, 9.17) is 0 Å². The van der Waals surface area contributed by atoms with Gasteiger partial charge in [-0.2, -0.15) is 8.75 Å². The fraction of sp³-hybridized carbons (Fsp3) is 0. The van der Waals surface area contributed by atoms with Gasteiger partial charge in [-0.3, -0.25) is 4.72 Å². The SMILES string of the molecule is O=S(=O)(Nc1ccon1)c1cccc2nsnc12. The summed E-state index contributed by atoms with van der Waals surface area (Å²) in [4.78, 5) is 0.0664. The van der Waals surface area contributed by atoms with Gasteiger partial charge in [-0.05, 0) is 12.1 Å². The minimum Gasteiger partial charge on any atom is -0.363 e. The molecule has 18 heavy (non-hydrogen) atoms. The first-order valence-corrected chi connectivity index (χ1v) is 7.03. The lowest BCUT2D eigenvalue weighted by Crippen LogP contribution is -2.13. The molecule has 1 aromatic carbocycles. The van der Waals surface area contributed by atoms with E-state index in [9.17, 15) is 8.42 Å². The molecule has 2 aromatic heterocycles. The first-order chi connectivity index (χ1) is 8.67. The molecule has 3 aromatic rings. The molecule has 0 aliphatic carbocycles. The average Bonchev–Trinajstić information content (AvgIpc) is 2.97. The number of rotatable bonds is 3. The maximum absolute atomic E-state index is 12.2. The van der Waals surface area contributed by atoms with Crippen LogP contribution in [0.4, 0.5) is 5.82 Å². The van der Waals surface area contributed by atoms with E-state index in [1.54, 1.807) is 12.1 Å². The maximum Gasteiger partial charge on any atom is 0.265 e. The number of sulfonamides is 1. The van der Waals surface area contributed by atoms with Crippen molar-refractivity contribution in [2.75, 3.05) is 4.72 Å². The van der Waals surface area contributed by atoms with Gasteiger partial charge in [0.15, 0.2) is 5.82 Å². The number of benzene rings is 1. The van der Waals surface area contributed by atoms with Crippen molar-refractivity contribution < 1.29 is 12.9 Å². The monoisotopic (exact) mass is 282 g/mol. The molecule has 0 unspecified atom stereocenters. The summed E-state index contributed by atoms with van der Waals surface area (Å²) in [5, 5.41) is 3.50. The average molecular weight is 282 g/mol. The van der Waals surface area contributed by atoms with Crippen LogP contribution >= 0.6 is 11.7 Å². The summed E-state index contributed by atoms with van der Waals surface area (Å²) in [6.07, 6.45) is 1.28. The molecule has 9 heteroatoms. The highest BCUT2D eigenvalue weighted by atomic mass is 32.2. The molecule has 0 amide bonds. The summed E-state index contributed by atoms with van der Waals surface area (Å²) in [5.74, 6) is 0.121. The Morgan fingerprint density at radius 1 is 1.22 bits per heavy atom. The molecule has 1 N–H and O–H groups in total. The second-order valence-corrected chi connectivity index (χ2v) is 5.56. The Morgan fingerprint density at radius 3 is 2.89 bits per heavy atom. The second-order valence-electron chi connectivity index (χ2n) is 3.38. The summed E-state index contributed by atoms with van der Waals surface area (Å²) in [6.45, 7) is 0. The summed E-state index contributed by atoms with van der Waals surface area (Å²) in [7, 11) is -3.75. The molecule has 0 fully saturated rings. The summed E-state index contributed by atoms with van der Waals surface area (Å²) >= 11 is 0.965. The van der Waals surface area contributed by atoms with Gasteiger partial charge in [0.1, 0.15) is 22.2 Å². The van der Waals surface area contributed by atoms with E-state index in [1.807, 2.05) is 0 Å². The Hall–Kier alpha value is -2.00. The highest BCUT2D eigenvalue weighted by Gasteiger charge is 2.20. The minimum absolute atomic E-state index is 0.0664. The summed E-state index contributed by atoms with van der Waals surface area (Å²) in [5.41, 5.74) is 0.890. The van der Waals surface area contributed by atoms with Crippen molar-refractivity contribution in [2.24, 2.45) is 0 Å². The Kier molecular flexibility index (Phi) is 2.49. The first-order valence-electron chi connectivity index (χ1n) is 4.81. The molecule has 0 atom stereocenters. The van der Waals surface area contributed by atoms with Crippen LogP contribution in [0.2, 0.25) is 0 Å². The lowest BCUT2D eigenvalue weighted by molar-refractivity contribution is 0.423.